The number of hydrogen-bond acceptors (Lipinski definition) is 6. The maximum Gasteiger partial charge on any atom is 0.312 e. The van der Waals surface area contributed by atoms with Crippen molar-refractivity contribution in [2.24, 2.45) is 0 Å². The molecule has 6 rings (SSSR count). The average molecular weight is 478 g/mol. The highest BCUT2D eigenvalue weighted by Gasteiger charge is 2.15. The van der Waals surface area contributed by atoms with Gasteiger partial charge in [-0.3, -0.25) is 9.36 Å². The van der Waals surface area contributed by atoms with Gasteiger partial charge >= 0.3 is 6.08 Å². The van der Waals surface area contributed by atoms with Crippen LogP contribution in [0.3, 0.4) is 0 Å². The Balaban J connectivity index is 1.43. The number of benzene rings is 3. The van der Waals surface area contributed by atoms with Crippen LogP contribution in [0.1, 0.15) is 17.0 Å². The molecule has 0 unspecified atom stereocenters. The van der Waals surface area contributed by atoms with Crippen molar-refractivity contribution in [3.05, 3.63) is 113 Å². The number of imidazole rings is 1. The van der Waals surface area contributed by atoms with Crippen LogP contribution in [-0.4, -0.2) is 29.5 Å². The van der Waals surface area contributed by atoms with Gasteiger partial charge in [-0.25, -0.2) is 9.97 Å². The van der Waals surface area contributed by atoms with E-state index in [9.17, 15) is 9.18 Å². The molecular formula is C27H20FN7O. The lowest BCUT2D eigenvalue weighted by molar-refractivity contribution is 0.545. The summed E-state index contributed by atoms with van der Waals surface area (Å²) in [6.07, 6.45) is 0.980. The van der Waals surface area contributed by atoms with Crippen molar-refractivity contribution in [3.63, 3.8) is 0 Å². The van der Waals surface area contributed by atoms with Crippen molar-refractivity contribution in [2.75, 3.05) is 5.32 Å². The molecule has 3 heterocycles. The monoisotopic (exact) mass is 477 g/mol. The topological polar surface area (TPSA) is 101 Å². The molecule has 9 heteroatoms. The van der Waals surface area contributed by atoms with E-state index in [1.54, 1.807) is 4.57 Å². The van der Waals surface area contributed by atoms with E-state index in [0.717, 1.165) is 16.8 Å². The summed E-state index contributed by atoms with van der Waals surface area (Å²) in [5, 5.41) is 3.75. The first-order valence-electron chi connectivity index (χ1n) is 11.4. The molecule has 3 aromatic heterocycles. The van der Waals surface area contributed by atoms with Gasteiger partial charge in [0.25, 0.3) is 5.56 Å². The summed E-state index contributed by atoms with van der Waals surface area (Å²) < 4.78 is 15.6. The molecule has 3 aromatic carbocycles. The van der Waals surface area contributed by atoms with Gasteiger partial charge in [-0.2, -0.15) is 14.4 Å². The molecule has 36 heavy (non-hydrogen) atoms. The number of aryl methyl sites for hydroxylation is 1. The summed E-state index contributed by atoms with van der Waals surface area (Å²) >= 11 is 0. The molecule has 0 saturated carbocycles. The number of H-pyrrole nitrogens is 1. The minimum absolute atomic E-state index is 0.105. The lowest BCUT2D eigenvalue weighted by Gasteiger charge is -2.15. The Morgan fingerprint density at radius 1 is 0.972 bits per heavy atom. The standard InChI is InChI=1S/C27H20FN7O/c1-16-7-5-12-20-22(16)26(36)35(19-10-3-2-4-11-19)21(32-20)14-17-8-6-9-18(13-17)31-25-23-24(30-15-29-23)33-27(28)34-25/h2-13,15H,14H2,1H3,(H2,29,30,31,33,34). The molecule has 2 N–H and O–H groups in total. The lowest BCUT2D eigenvalue weighted by atomic mass is 10.1. The molecule has 0 saturated heterocycles. The van der Waals surface area contributed by atoms with Crippen LogP contribution in [0.2, 0.25) is 0 Å². The molecular weight excluding hydrogens is 457 g/mol. The van der Waals surface area contributed by atoms with Crippen LogP contribution in [-0.2, 0) is 6.42 Å². The molecule has 0 aliphatic rings. The van der Waals surface area contributed by atoms with E-state index in [2.05, 4.69) is 25.3 Å². The van der Waals surface area contributed by atoms with Crippen LogP contribution < -0.4 is 10.9 Å². The molecule has 8 nitrogen and oxygen atoms in total. The van der Waals surface area contributed by atoms with Crippen LogP contribution in [0.4, 0.5) is 15.9 Å². The highest BCUT2D eigenvalue weighted by atomic mass is 19.1. The Bertz CT molecular complexity index is 1790. The molecule has 6 aromatic rings. The number of halogens is 1. The lowest BCUT2D eigenvalue weighted by Crippen LogP contribution is -2.24. The average Bonchev–Trinajstić information content (AvgIpc) is 3.34. The number of fused-ring (bicyclic) bond motifs is 2. The first-order chi connectivity index (χ1) is 17.6. The number of aromatic amines is 1. The van der Waals surface area contributed by atoms with Crippen LogP contribution in [0.15, 0.2) is 83.9 Å². The Hall–Kier alpha value is -4.92. The third-order valence-electron chi connectivity index (χ3n) is 6.00. The summed E-state index contributed by atoms with van der Waals surface area (Å²) in [4.78, 5) is 33.0. The van der Waals surface area contributed by atoms with E-state index in [1.165, 1.54) is 6.33 Å². The number of anilines is 2. The van der Waals surface area contributed by atoms with E-state index < -0.39 is 6.08 Å². The Labute approximate surface area is 204 Å². The molecule has 0 atom stereocenters. The maximum atomic E-state index is 13.9. The fourth-order valence-electron chi connectivity index (χ4n) is 4.38. The normalized spacial score (nSPS) is 11.3. The third-order valence-corrected chi connectivity index (χ3v) is 6.00. The summed E-state index contributed by atoms with van der Waals surface area (Å²) in [5.41, 5.74) is 4.55. The quantitative estimate of drug-likeness (QED) is 0.345. The summed E-state index contributed by atoms with van der Waals surface area (Å²) in [5.74, 6) is 0.901. The van der Waals surface area contributed by atoms with Crippen molar-refractivity contribution < 1.29 is 4.39 Å². The number of nitrogens with zero attached hydrogens (tertiary/aromatic N) is 5. The second kappa shape index (κ2) is 8.70. The minimum atomic E-state index is -0.865. The SMILES string of the molecule is Cc1cccc2nc(Cc3cccc(Nc4nc(F)nc5nc[nH]c45)c3)n(-c3ccccc3)c(=O)c12. The molecule has 0 spiro atoms. The highest BCUT2D eigenvalue weighted by Crippen LogP contribution is 2.23. The number of hydrogen-bond donors (Lipinski definition) is 2. The van der Waals surface area contributed by atoms with Crippen molar-refractivity contribution in [1.82, 2.24) is 29.5 Å². The van der Waals surface area contributed by atoms with Crippen molar-refractivity contribution in [3.8, 4) is 5.69 Å². The largest absolute Gasteiger partial charge is 0.340 e. The van der Waals surface area contributed by atoms with Gasteiger partial charge in [-0.05, 0) is 48.4 Å². The predicted molar refractivity (Wildman–Crippen MR) is 136 cm³/mol. The van der Waals surface area contributed by atoms with E-state index in [0.29, 0.717) is 34.4 Å². The maximum absolute atomic E-state index is 13.9. The number of nitrogens with one attached hydrogen (secondary N) is 2. The predicted octanol–water partition coefficient (Wildman–Crippen LogP) is 4.83. The van der Waals surface area contributed by atoms with Gasteiger partial charge in [0, 0.05) is 12.1 Å². The van der Waals surface area contributed by atoms with Crippen LogP contribution in [0, 0.1) is 13.0 Å². The van der Waals surface area contributed by atoms with Gasteiger partial charge in [0.1, 0.15) is 11.3 Å². The van der Waals surface area contributed by atoms with Gasteiger partial charge in [-0.15, -0.1) is 0 Å². The molecule has 176 valence electrons. The van der Waals surface area contributed by atoms with Gasteiger partial charge in [0.2, 0.25) is 0 Å². The number of aromatic nitrogens is 6. The van der Waals surface area contributed by atoms with Crippen molar-refractivity contribution in [1.29, 1.82) is 0 Å². The minimum Gasteiger partial charge on any atom is -0.340 e. The van der Waals surface area contributed by atoms with Crippen molar-refractivity contribution >= 4 is 33.6 Å². The fraction of sp³-hybridized carbons (Fsp3) is 0.0741. The molecule has 0 radical (unpaired) electrons. The first-order valence-corrected chi connectivity index (χ1v) is 11.4. The molecule has 0 aliphatic heterocycles. The van der Waals surface area contributed by atoms with E-state index in [-0.39, 0.29) is 17.0 Å². The van der Waals surface area contributed by atoms with Crippen LogP contribution >= 0.6 is 0 Å². The van der Waals surface area contributed by atoms with Crippen LogP contribution in [0.5, 0.6) is 0 Å². The second-order valence-electron chi connectivity index (χ2n) is 8.42. The Kier molecular flexibility index (Phi) is 5.22. The van der Waals surface area contributed by atoms with Crippen molar-refractivity contribution in [2.45, 2.75) is 13.3 Å². The van der Waals surface area contributed by atoms with Gasteiger partial charge in [-0.1, -0.05) is 42.5 Å². The Morgan fingerprint density at radius 2 is 1.81 bits per heavy atom. The summed E-state index contributed by atoms with van der Waals surface area (Å²) in [6.45, 7) is 1.92. The molecule has 0 fully saturated rings. The number of para-hydroxylation sites is 1. The van der Waals surface area contributed by atoms with Gasteiger partial charge in [0.05, 0.1) is 22.9 Å². The zero-order chi connectivity index (χ0) is 24.6. The zero-order valence-corrected chi connectivity index (χ0v) is 19.2. The highest BCUT2D eigenvalue weighted by molar-refractivity contribution is 5.84. The third kappa shape index (κ3) is 3.86. The number of rotatable bonds is 5. The molecule has 0 bridgehead atoms. The summed E-state index contributed by atoms with van der Waals surface area (Å²) in [6, 6.07) is 22.8. The Morgan fingerprint density at radius 3 is 2.67 bits per heavy atom. The summed E-state index contributed by atoms with van der Waals surface area (Å²) in [7, 11) is 0. The fourth-order valence-corrected chi connectivity index (χ4v) is 4.38. The zero-order valence-electron chi connectivity index (χ0n) is 19.2. The van der Waals surface area contributed by atoms with Gasteiger partial charge in [0.15, 0.2) is 11.5 Å². The smallest absolute Gasteiger partial charge is 0.312 e. The first kappa shape index (κ1) is 21.6. The van der Waals surface area contributed by atoms with E-state index >= 15 is 0 Å². The molecule has 0 aliphatic carbocycles. The van der Waals surface area contributed by atoms with E-state index in [4.69, 9.17) is 4.98 Å². The second-order valence-corrected chi connectivity index (χ2v) is 8.42. The molecule has 0 amide bonds. The van der Waals surface area contributed by atoms with Gasteiger partial charge < -0.3 is 10.3 Å². The van der Waals surface area contributed by atoms with Crippen LogP contribution in [0.25, 0.3) is 27.8 Å². The van der Waals surface area contributed by atoms with E-state index in [1.807, 2.05) is 79.7 Å².